The minimum absolute atomic E-state index is 0.857. The molecule has 0 aliphatic carbocycles. The van der Waals surface area contributed by atoms with Crippen molar-refractivity contribution >= 4 is 11.8 Å². The molecule has 1 aliphatic heterocycles. The zero-order valence-corrected chi connectivity index (χ0v) is 15.1. The van der Waals surface area contributed by atoms with E-state index in [0.717, 1.165) is 18.1 Å². The molecule has 1 aromatic rings. The van der Waals surface area contributed by atoms with Gasteiger partial charge in [-0.3, -0.25) is 0 Å². The molecular formula is C20H32OS. The minimum Gasteiger partial charge on any atom is -0.492 e. The normalized spacial score (nSPS) is 13.7. The molecule has 1 nitrogen and oxygen atoms in total. The van der Waals surface area contributed by atoms with E-state index in [0.29, 0.717) is 0 Å². The Hall–Kier alpha value is -0.630. The monoisotopic (exact) mass is 320 g/mol. The number of rotatable bonds is 11. The fourth-order valence-electron chi connectivity index (χ4n) is 3.06. The Morgan fingerprint density at radius 2 is 1.59 bits per heavy atom. The Balaban J connectivity index is 1.50. The number of aryl methyl sites for hydroxylation is 1. The standard InChI is InChI=1S/C20H32OS/c1-2-3-4-5-6-7-8-9-10-11-12-18-13-14-19-20(17-18)22-16-15-21-19/h13-14,17H,2-12,15-16H2,1H3. The van der Waals surface area contributed by atoms with Crippen LogP contribution in [0, 0.1) is 0 Å². The summed E-state index contributed by atoms with van der Waals surface area (Å²) in [5.41, 5.74) is 1.48. The molecular weight excluding hydrogens is 288 g/mol. The summed E-state index contributed by atoms with van der Waals surface area (Å²) < 4.78 is 5.66. The third kappa shape index (κ3) is 6.64. The molecule has 0 unspecified atom stereocenters. The Morgan fingerprint density at radius 1 is 0.909 bits per heavy atom. The van der Waals surface area contributed by atoms with Crippen LogP contribution in [0.1, 0.15) is 76.7 Å². The summed E-state index contributed by atoms with van der Waals surface area (Å²) in [6, 6.07) is 6.75. The van der Waals surface area contributed by atoms with Crippen LogP contribution < -0.4 is 4.74 Å². The van der Waals surface area contributed by atoms with Crippen LogP contribution in [0.2, 0.25) is 0 Å². The third-order valence-corrected chi connectivity index (χ3v) is 5.43. The summed E-state index contributed by atoms with van der Waals surface area (Å²) in [4.78, 5) is 1.34. The molecule has 1 aromatic carbocycles. The van der Waals surface area contributed by atoms with Crippen LogP contribution >= 0.6 is 11.8 Å². The molecule has 0 amide bonds. The first kappa shape index (κ1) is 17.7. The van der Waals surface area contributed by atoms with Gasteiger partial charge in [0.2, 0.25) is 0 Å². The molecule has 0 aromatic heterocycles. The van der Waals surface area contributed by atoms with Gasteiger partial charge in [0.1, 0.15) is 5.75 Å². The second-order valence-corrected chi connectivity index (χ2v) is 7.55. The van der Waals surface area contributed by atoms with Gasteiger partial charge >= 0.3 is 0 Å². The van der Waals surface area contributed by atoms with Crippen LogP contribution in [0.5, 0.6) is 5.75 Å². The highest BCUT2D eigenvalue weighted by atomic mass is 32.2. The van der Waals surface area contributed by atoms with Crippen LogP contribution in [0.15, 0.2) is 23.1 Å². The minimum atomic E-state index is 0.857. The fraction of sp³-hybridized carbons (Fsp3) is 0.700. The molecule has 0 atom stereocenters. The summed E-state index contributed by atoms with van der Waals surface area (Å²) >= 11 is 1.94. The largest absolute Gasteiger partial charge is 0.492 e. The topological polar surface area (TPSA) is 9.23 Å². The molecule has 1 aliphatic rings. The lowest BCUT2D eigenvalue weighted by molar-refractivity contribution is 0.330. The lowest BCUT2D eigenvalue weighted by atomic mass is 10.0. The maximum atomic E-state index is 5.66. The molecule has 0 bridgehead atoms. The molecule has 22 heavy (non-hydrogen) atoms. The first-order valence-electron chi connectivity index (χ1n) is 9.28. The molecule has 0 fully saturated rings. The van der Waals surface area contributed by atoms with Crippen molar-refractivity contribution in [1.82, 2.24) is 0 Å². The number of fused-ring (bicyclic) bond motifs is 1. The van der Waals surface area contributed by atoms with Crippen LogP contribution in [0.3, 0.4) is 0 Å². The maximum absolute atomic E-state index is 5.66. The van der Waals surface area contributed by atoms with Gasteiger partial charge in [-0.25, -0.2) is 0 Å². The molecule has 1 heterocycles. The molecule has 2 heteroatoms. The molecule has 0 radical (unpaired) electrons. The maximum Gasteiger partial charge on any atom is 0.132 e. The summed E-state index contributed by atoms with van der Waals surface area (Å²) in [6.45, 7) is 3.14. The van der Waals surface area contributed by atoms with E-state index in [9.17, 15) is 0 Å². The molecule has 0 N–H and O–H groups in total. The number of hydrogen-bond acceptors (Lipinski definition) is 2. The highest BCUT2D eigenvalue weighted by molar-refractivity contribution is 7.99. The van der Waals surface area contributed by atoms with Crippen molar-refractivity contribution in [3.8, 4) is 5.75 Å². The van der Waals surface area contributed by atoms with Crippen molar-refractivity contribution in [2.45, 2.75) is 82.4 Å². The SMILES string of the molecule is CCCCCCCCCCCCc1ccc2c(c1)SCCO2. The molecule has 2 rings (SSSR count). The number of unbranched alkanes of at least 4 members (excludes halogenated alkanes) is 9. The lowest BCUT2D eigenvalue weighted by Crippen LogP contribution is -2.06. The van der Waals surface area contributed by atoms with E-state index in [1.165, 1.54) is 81.1 Å². The summed E-state index contributed by atoms with van der Waals surface area (Å²) in [5, 5.41) is 0. The van der Waals surface area contributed by atoms with Crippen LogP contribution in [0.4, 0.5) is 0 Å². The zero-order chi connectivity index (χ0) is 15.5. The van der Waals surface area contributed by atoms with E-state index >= 15 is 0 Å². The third-order valence-electron chi connectivity index (χ3n) is 4.43. The fourth-order valence-corrected chi connectivity index (χ4v) is 3.95. The molecule has 0 saturated carbocycles. The van der Waals surface area contributed by atoms with E-state index in [1.807, 2.05) is 11.8 Å². The van der Waals surface area contributed by atoms with E-state index in [-0.39, 0.29) is 0 Å². The summed E-state index contributed by atoms with van der Waals surface area (Å²) in [5.74, 6) is 2.18. The second-order valence-electron chi connectivity index (χ2n) is 6.41. The van der Waals surface area contributed by atoms with Gasteiger partial charge < -0.3 is 4.74 Å². The van der Waals surface area contributed by atoms with Gasteiger partial charge in [-0.2, -0.15) is 0 Å². The van der Waals surface area contributed by atoms with E-state index in [1.54, 1.807) is 0 Å². The van der Waals surface area contributed by atoms with Gasteiger partial charge in [0.15, 0.2) is 0 Å². The predicted octanol–water partition coefficient (Wildman–Crippen LogP) is 6.63. The van der Waals surface area contributed by atoms with Crippen molar-refractivity contribution in [2.24, 2.45) is 0 Å². The van der Waals surface area contributed by atoms with Crippen molar-refractivity contribution in [1.29, 1.82) is 0 Å². The summed E-state index contributed by atoms with van der Waals surface area (Å²) in [7, 11) is 0. The van der Waals surface area contributed by atoms with Crippen LogP contribution in [-0.2, 0) is 6.42 Å². The number of thioether (sulfide) groups is 1. The van der Waals surface area contributed by atoms with E-state index in [4.69, 9.17) is 4.74 Å². The van der Waals surface area contributed by atoms with Gasteiger partial charge in [0.05, 0.1) is 6.61 Å². The first-order chi connectivity index (χ1) is 10.9. The van der Waals surface area contributed by atoms with Crippen molar-refractivity contribution in [3.63, 3.8) is 0 Å². The first-order valence-corrected chi connectivity index (χ1v) is 10.3. The van der Waals surface area contributed by atoms with Crippen molar-refractivity contribution < 1.29 is 4.74 Å². The van der Waals surface area contributed by atoms with Gasteiger partial charge in [-0.1, -0.05) is 70.8 Å². The van der Waals surface area contributed by atoms with Gasteiger partial charge in [0, 0.05) is 10.6 Å². The Morgan fingerprint density at radius 3 is 2.32 bits per heavy atom. The Kier molecular flexibility index (Phi) is 8.85. The van der Waals surface area contributed by atoms with Gasteiger partial charge in [-0.15, -0.1) is 11.8 Å². The van der Waals surface area contributed by atoms with Crippen molar-refractivity contribution in [2.75, 3.05) is 12.4 Å². The van der Waals surface area contributed by atoms with E-state index in [2.05, 4.69) is 25.1 Å². The Labute approximate surface area is 141 Å². The number of ether oxygens (including phenoxy) is 1. The van der Waals surface area contributed by atoms with Crippen LogP contribution in [-0.4, -0.2) is 12.4 Å². The number of benzene rings is 1. The van der Waals surface area contributed by atoms with Gasteiger partial charge in [-0.05, 0) is 30.5 Å². The molecule has 0 spiro atoms. The Bertz CT molecular complexity index is 416. The quantitative estimate of drug-likeness (QED) is 0.423. The van der Waals surface area contributed by atoms with Gasteiger partial charge in [0.25, 0.3) is 0 Å². The highest BCUT2D eigenvalue weighted by Crippen LogP contribution is 2.34. The highest BCUT2D eigenvalue weighted by Gasteiger charge is 2.10. The average Bonchev–Trinajstić information content (AvgIpc) is 2.56. The second kappa shape index (κ2) is 11.0. The molecule has 124 valence electrons. The summed E-state index contributed by atoms with van der Waals surface area (Å²) in [6.07, 6.45) is 15.3. The lowest BCUT2D eigenvalue weighted by Gasteiger charge is -2.17. The van der Waals surface area contributed by atoms with Crippen molar-refractivity contribution in [3.05, 3.63) is 23.8 Å². The average molecular weight is 321 g/mol. The predicted molar refractivity (Wildman–Crippen MR) is 98.2 cm³/mol. The smallest absolute Gasteiger partial charge is 0.132 e. The molecule has 0 saturated heterocycles. The number of hydrogen-bond donors (Lipinski definition) is 0. The van der Waals surface area contributed by atoms with Crippen LogP contribution in [0.25, 0.3) is 0 Å². The zero-order valence-electron chi connectivity index (χ0n) is 14.2. The van der Waals surface area contributed by atoms with E-state index < -0.39 is 0 Å².